The number of alkyl halides is 2. The van der Waals surface area contributed by atoms with Crippen molar-refractivity contribution in [2.24, 2.45) is 0 Å². The molecule has 0 bridgehead atoms. The second-order valence-electron chi connectivity index (χ2n) is 2.75. The van der Waals surface area contributed by atoms with Gasteiger partial charge in [-0.1, -0.05) is 0 Å². The van der Waals surface area contributed by atoms with E-state index in [4.69, 9.17) is 4.74 Å². The summed E-state index contributed by atoms with van der Waals surface area (Å²) in [6.45, 7) is -0.143. The van der Waals surface area contributed by atoms with Gasteiger partial charge in [0.15, 0.2) is 17.8 Å². The van der Waals surface area contributed by atoms with E-state index in [0.29, 0.717) is 6.29 Å². The molecule has 6 heteroatoms. The Hall–Kier alpha value is -1.85. The van der Waals surface area contributed by atoms with Gasteiger partial charge in [0.25, 0.3) is 0 Å². The summed E-state index contributed by atoms with van der Waals surface area (Å²) in [6, 6.07) is 3.93. The fraction of sp³-hybridized carbons (Fsp3) is 0.222. The Bertz CT molecular complexity index is 392. The van der Waals surface area contributed by atoms with Gasteiger partial charge in [0.1, 0.15) is 12.4 Å². The molecule has 0 saturated carbocycles. The van der Waals surface area contributed by atoms with E-state index >= 15 is 0 Å². The Balaban J connectivity index is 2.18. The van der Waals surface area contributed by atoms with Crippen LogP contribution in [0.4, 0.5) is 8.78 Å². The quantitative estimate of drug-likeness (QED) is 0.719. The summed E-state index contributed by atoms with van der Waals surface area (Å²) < 4.78 is 38.4. The lowest BCUT2D eigenvalue weighted by Gasteiger charge is -2.04. The van der Waals surface area contributed by atoms with Crippen LogP contribution in [0.1, 0.15) is 0 Å². The Morgan fingerprint density at radius 2 is 2.07 bits per heavy atom. The molecule has 80 valence electrons. The van der Waals surface area contributed by atoms with Gasteiger partial charge in [0, 0.05) is 6.07 Å². The van der Waals surface area contributed by atoms with E-state index in [9.17, 15) is 13.6 Å². The number of hydrogen-bond donors (Lipinski definition) is 0. The van der Waals surface area contributed by atoms with Crippen molar-refractivity contribution >= 4 is 6.29 Å². The van der Waals surface area contributed by atoms with Crippen LogP contribution in [-0.2, 0) is 4.79 Å². The highest BCUT2D eigenvalue weighted by molar-refractivity contribution is 5.52. The first-order chi connectivity index (χ1) is 7.11. The van der Waals surface area contributed by atoms with Gasteiger partial charge in [-0.25, -0.2) is 0 Å². The zero-order chi connectivity index (χ0) is 10.9. The molecule has 15 heavy (non-hydrogen) atoms. The van der Waals surface area contributed by atoms with E-state index in [1.807, 2.05) is 0 Å². The van der Waals surface area contributed by atoms with Crippen molar-refractivity contribution in [3.63, 3.8) is 0 Å². The monoisotopic (exact) mass is 216 g/mol. The molecular formula is C9H6F2O4. The second-order valence-corrected chi connectivity index (χ2v) is 2.75. The smallest absolute Gasteiger partial charge is 0.486 e. The summed E-state index contributed by atoms with van der Waals surface area (Å²) in [5, 5.41) is 0. The van der Waals surface area contributed by atoms with E-state index in [1.165, 1.54) is 18.2 Å². The topological polar surface area (TPSA) is 44.8 Å². The molecule has 0 radical (unpaired) electrons. The molecule has 0 N–H and O–H groups in total. The van der Waals surface area contributed by atoms with Gasteiger partial charge >= 0.3 is 6.29 Å². The van der Waals surface area contributed by atoms with Crippen LogP contribution in [0.25, 0.3) is 0 Å². The van der Waals surface area contributed by atoms with Crippen molar-refractivity contribution in [2.75, 3.05) is 6.61 Å². The first kappa shape index (κ1) is 9.70. The summed E-state index contributed by atoms with van der Waals surface area (Å²) in [7, 11) is 0. The van der Waals surface area contributed by atoms with Gasteiger partial charge in [-0.2, -0.15) is 0 Å². The SMILES string of the molecule is O=CCOc1ccc2c(c1)OC(F)(F)O2. The molecule has 0 fully saturated rings. The molecule has 0 aromatic heterocycles. The molecule has 0 saturated heterocycles. The van der Waals surface area contributed by atoms with Crippen LogP contribution < -0.4 is 14.2 Å². The highest BCUT2D eigenvalue weighted by Crippen LogP contribution is 2.42. The Morgan fingerprint density at radius 3 is 2.80 bits per heavy atom. The zero-order valence-corrected chi connectivity index (χ0v) is 7.41. The minimum atomic E-state index is -3.63. The Labute approximate surface area is 83.4 Å². The van der Waals surface area contributed by atoms with E-state index in [2.05, 4.69) is 9.47 Å². The van der Waals surface area contributed by atoms with E-state index in [1.54, 1.807) is 0 Å². The minimum Gasteiger partial charge on any atom is -0.486 e. The lowest BCUT2D eigenvalue weighted by atomic mass is 10.3. The van der Waals surface area contributed by atoms with Crippen LogP contribution >= 0.6 is 0 Å². The first-order valence-electron chi connectivity index (χ1n) is 4.07. The third-order valence-electron chi connectivity index (χ3n) is 1.69. The summed E-state index contributed by atoms with van der Waals surface area (Å²) in [6.07, 6.45) is -3.08. The summed E-state index contributed by atoms with van der Waals surface area (Å²) in [4.78, 5) is 10.0. The first-order valence-corrected chi connectivity index (χ1v) is 4.07. The van der Waals surface area contributed by atoms with Crippen molar-refractivity contribution in [1.29, 1.82) is 0 Å². The molecule has 1 aliphatic rings. The van der Waals surface area contributed by atoms with Gasteiger partial charge < -0.3 is 14.2 Å². The molecule has 1 aliphatic heterocycles. The molecular weight excluding hydrogens is 210 g/mol. The van der Waals surface area contributed by atoms with Crippen LogP contribution in [-0.4, -0.2) is 19.2 Å². The van der Waals surface area contributed by atoms with Crippen molar-refractivity contribution in [3.05, 3.63) is 18.2 Å². The minimum absolute atomic E-state index is 0.0570. The maximum atomic E-state index is 12.6. The number of rotatable bonds is 3. The Morgan fingerprint density at radius 1 is 1.33 bits per heavy atom. The predicted octanol–water partition coefficient (Wildman–Crippen LogP) is 1.59. The van der Waals surface area contributed by atoms with Crippen molar-refractivity contribution in [3.8, 4) is 17.2 Å². The number of hydrogen-bond acceptors (Lipinski definition) is 4. The molecule has 0 atom stereocenters. The van der Waals surface area contributed by atoms with E-state index < -0.39 is 6.29 Å². The van der Waals surface area contributed by atoms with Crippen molar-refractivity contribution in [1.82, 2.24) is 0 Å². The number of benzene rings is 1. The van der Waals surface area contributed by atoms with Crippen LogP contribution in [0, 0.1) is 0 Å². The highest BCUT2D eigenvalue weighted by atomic mass is 19.3. The molecule has 0 aliphatic carbocycles. The average Bonchev–Trinajstić information content (AvgIpc) is 2.47. The molecule has 4 nitrogen and oxygen atoms in total. The standard InChI is InChI=1S/C9H6F2O4/c10-9(11)14-7-2-1-6(13-4-3-12)5-8(7)15-9/h1-3,5H,4H2. The summed E-state index contributed by atoms with van der Waals surface area (Å²) >= 11 is 0. The van der Waals surface area contributed by atoms with Crippen LogP contribution in [0.3, 0.4) is 0 Å². The van der Waals surface area contributed by atoms with Gasteiger partial charge in [0.05, 0.1) is 0 Å². The van der Waals surface area contributed by atoms with Crippen LogP contribution in [0.5, 0.6) is 17.2 Å². The van der Waals surface area contributed by atoms with Gasteiger partial charge in [0.2, 0.25) is 0 Å². The lowest BCUT2D eigenvalue weighted by Crippen LogP contribution is -2.25. The molecule has 2 rings (SSSR count). The number of ether oxygens (including phenoxy) is 3. The third-order valence-corrected chi connectivity index (χ3v) is 1.69. The van der Waals surface area contributed by atoms with E-state index in [-0.39, 0.29) is 23.9 Å². The molecule has 0 unspecified atom stereocenters. The Kier molecular flexibility index (Phi) is 2.18. The maximum Gasteiger partial charge on any atom is 0.586 e. The van der Waals surface area contributed by atoms with Crippen LogP contribution in [0.2, 0.25) is 0 Å². The second kappa shape index (κ2) is 3.38. The fourth-order valence-electron chi connectivity index (χ4n) is 1.15. The van der Waals surface area contributed by atoms with Gasteiger partial charge in [-0.05, 0) is 12.1 Å². The fourth-order valence-corrected chi connectivity index (χ4v) is 1.15. The maximum absolute atomic E-state index is 12.6. The number of carbonyl (C=O) groups excluding carboxylic acids is 1. The number of aldehydes is 1. The van der Waals surface area contributed by atoms with Crippen LogP contribution in [0.15, 0.2) is 18.2 Å². The van der Waals surface area contributed by atoms with Crippen molar-refractivity contribution < 1.29 is 27.8 Å². The molecule has 0 amide bonds. The van der Waals surface area contributed by atoms with E-state index in [0.717, 1.165) is 0 Å². The molecule has 0 spiro atoms. The summed E-state index contributed by atoms with van der Waals surface area (Å²) in [5.74, 6) is 0.101. The van der Waals surface area contributed by atoms with Gasteiger partial charge in [-0.15, -0.1) is 8.78 Å². The molecule has 1 aromatic carbocycles. The average molecular weight is 216 g/mol. The lowest BCUT2D eigenvalue weighted by molar-refractivity contribution is -0.286. The van der Waals surface area contributed by atoms with Crippen molar-refractivity contribution in [2.45, 2.75) is 6.29 Å². The molecule has 1 heterocycles. The zero-order valence-electron chi connectivity index (χ0n) is 7.41. The number of fused-ring (bicyclic) bond motifs is 1. The normalized spacial score (nSPS) is 16.1. The third kappa shape index (κ3) is 1.98. The largest absolute Gasteiger partial charge is 0.586 e. The number of halogens is 2. The summed E-state index contributed by atoms with van der Waals surface area (Å²) in [5.41, 5.74) is 0. The highest BCUT2D eigenvalue weighted by Gasteiger charge is 2.43. The predicted molar refractivity (Wildman–Crippen MR) is 44.2 cm³/mol. The number of carbonyl (C=O) groups is 1. The van der Waals surface area contributed by atoms with Gasteiger partial charge in [-0.3, -0.25) is 4.79 Å². The molecule has 1 aromatic rings.